The molecule has 0 saturated carbocycles. The van der Waals surface area contributed by atoms with E-state index in [2.05, 4.69) is 4.98 Å². The molecule has 0 fully saturated rings. The minimum atomic E-state index is -0.590. The summed E-state index contributed by atoms with van der Waals surface area (Å²) in [6.45, 7) is 7.35. The molecule has 3 aromatic rings. The van der Waals surface area contributed by atoms with Crippen LogP contribution < -0.4 is 0 Å². The number of ether oxygens (including phenoxy) is 1. The summed E-state index contributed by atoms with van der Waals surface area (Å²) in [4.78, 5) is 18.7. The topological polar surface area (TPSA) is 47.4 Å². The fraction of sp³-hybridized carbons (Fsp3) is 0.333. The normalized spacial score (nSPS) is 12.8. The molecule has 1 aromatic heterocycles. The highest BCUT2D eigenvalue weighted by atomic mass is 19.1. The van der Waals surface area contributed by atoms with Crippen LogP contribution in [0.2, 0.25) is 0 Å². The summed E-state index contributed by atoms with van der Waals surface area (Å²) in [5, 5.41) is 0. The zero-order valence-corrected chi connectivity index (χ0v) is 16.2. The SMILES string of the molecule is C[C@@H](c1nc2ccc(F)cc2n1-c1ccccc1)N(C)C(=O)OC(C)(C)C. The number of para-hydroxylation sites is 1. The smallest absolute Gasteiger partial charge is 0.410 e. The Hall–Kier alpha value is -2.89. The molecule has 3 rings (SSSR count). The van der Waals surface area contributed by atoms with Gasteiger partial charge in [-0.2, -0.15) is 0 Å². The number of carbonyl (C=O) groups is 1. The molecule has 6 heteroatoms. The van der Waals surface area contributed by atoms with Gasteiger partial charge in [0.2, 0.25) is 0 Å². The number of hydrogen-bond acceptors (Lipinski definition) is 3. The van der Waals surface area contributed by atoms with E-state index in [0.29, 0.717) is 16.9 Å². The first-order valence-electron chi connectivity index (χ1n) is 8.86. The standard InChI is InChI=1S/C21H24FN3O2/c1-14(24(5)20(26)27-21(2,3)4)19-23-17-12-11-15(22)13-18(17)25(19)16-9-7-6-8-10-16/h6-14H,1-5H3/t14-/m0/s1. The fourth-order valence-corrected chi connectivity index (χ4v) is 2.86. The molecule has 0 aliphatic heterocycles. The molecule has 0 aliphatic rings. The van der Waals surface area contributed by atoms with E-state index in [4.69, 9.17) is 4.74 Å². The van der Waals surface area contributed by atoms with Gasteiger partial charge in [0, 0.05) is 18.8 Å². The Morgan fingerprint density at radius 3 is 2.48 bits per heavy atom. The Bertz CT molecular complexity index is 961. The molecular weight excluding hydrogens is 345 g/mol. The highest BCUT2D eigenvalue weighted by Gasteiger charge is 2.27. The Balaban J connectivity index is 2.09. The summed E-state index contributed by atoms with van der Waals surface area (Å²) >= 11 is 0. The number of nitrogens with zero attached hydrogens (tertiary/aromatic N) is 3. The quantitative estimate of drug-likeness (QED) is 0.646. The van der Waals surface area contributed by atoms with E-state index in [1.54, 1.807) is 13.1 Å². The van der Waals surface area contributed by atoms with Gasteiger partial charge in [0.05, 0.1) is 17.1 Å². The Labute approximate surface area is 158 Å². The van der Waals surface area contributed by atoms with Crippen LogP contribution in [0.15, 0.2) is 48.5 Å². The molecule has 0 spiro atoms. The van der Waals surface area contributed by atoms with Crippen molar-refractivity contribution in [1.82, 2.24) is 14.5 Å². The minimum absolute atomic E-state index is 0.334. The largest absolute Gasteiger partial charge is 0.444 e. The van der Waals surface area contributed by atoms with Crippen molar-refractivity contribution in [2.75, 3.05) is 7.05 Å². The van der Waals surface area contributed by atoms with E-state index in [0.717, 1.165) is 5.69 Å². The van der Waals surface area contributed by atoms with Crippen LogP contribution in [0.5, 0.6) is 0 Å². The molecule has 1 atom stereocenters. The Morgan fingerprint density at radius 1 is 1.19 bits per heavy atom. The first-order chi connectivity index (χ1) is 12.7. The first-order valence-corrected chi connectivity index (χ1v) is 8.86. The molecule has 2 aromatic carbocycles. The predicted octanol–water partition coefficient (Wildman–Crippen LogP) is 5.09. The second kappa shape index (κ2) is 7.02. The van der Waals surface area contributed by atoms with Crippen molar-refractivity contribution in [3.8, 4) is 5.69 Å². The van der Waals surface area contributed by atoms with Crippen molar-refractivity contribution in [2.24, 2.45) is 0 Å². The third-order valence-electron chi connectivity index (χ3n) is 4.29. The number of fused-ring (bicyclic) bond motifs is 1. The summed E-state index contributed by atoms with van der Waals surface area (Å²) in [7, 11) is 1.67. The maximum Gasteiger partial charge on any atom is 0.410 e. The summed E-state index contributed by atoms with van der Waals surface area (Å²) in [5.74, 6) is 0.300. The summed E-state index contributed by atoms with van der Waals surface area (Å²) < 4.78 is 21.2. The molecule has 142 valence electrons. The van der Waals surface area contributed by atoms with Gasteiger partial charge in [0.15, 0.2) is 0 Å². The molecule has 5 nitrogen and oxygen atoms in total. The maximum atomic E-state index is 13.9. The van der Waals surface area contributed by atoms with E-state index in [1.807, 2.05) is 62.6 Å². The lowest BCUT2D eigenvalue weighted by Gasteiger charge is -2.28. The number of halogens is 1. The highest BCUT2D eigenvalue weighted by Crippen LogP contribution is 2.29. The Kier molecular flexibility index (Phi) is 4.91. The lowest BCUT2D eigenvalue weighted by molar-refractivity contribution is 0.0226. The fourth-order valence-electron chi connectivity index (χ4n) is 2.86. The van der Waals surface area contributed by atoms with Gasteiger partial charge in [-0.3, -0.25) is 4.57 Å². The van der Waals surface area contributed by atoms with Gasteiger partial charge in [-0.15, -0.1) is 0 Å². The van der Waals surface area contributed by atoms with Gasteiger partial charge in [0.1, 0.15) is 17.2 Å². The van der Waals surface area contributed by atoms with Crippen LogP contribution in [0.3, 0.4) is 0 Å². The number of imidazole rings is 1. The molecule has 1 amide bonds. The molecule has 27 heavy (non-hydrogen) atoms. The van der Waals surface area contributed by atoms with E-state index in [1.165, 1.54) is 17.0 Å². The molecule has 0 unspecified atom stereocenters. The van der Waals surface area contributed by atoms with Crippen molar-refractivity contribution in [1.29, 1.82) is 0 Å². The van der Waals surface area contributed by atoms with Crippen LogP contribution in [-0.4, -0.2) is 33.2 Å². The van der Waals surface area contributed by atoms with E-state index < -0.39 is 11.7 Å². The molecule has 0 saturated heterocycles. The zero-order chi connectivity index (χ0) is 19.8. The van der Waals surface area contributed by atoms with E-state index in [9.17, 15) is 9.18 Å². The molecular formula is C21H24FN3O2. The number of carbonyl (C=O) groups excluding carboxylic acids is 1. The predicted molar refractivity (Wildman–Crippen MR) is 103 cm³/mol. The highest BCUT2D eigenvalue weighted by molar-refractivity contribution is 5.79. The van der Waals surface area contributed by atoms with Gasteiger partial charge in [0.25, 0.3) is 0 Å². The molecule has 0 aliphatic carbocycles. The van der Waals surface area contributed by atoms with Crippen molar-refractivity contribution in [3.05, 3.63) is 60.2 Å². The third-order valence-corrected chi connectivity index (χ3v) is 4.29. The third kappa shape index (κ3) is 3.94. The number of hydrogen-bond donors (Lipinski definition) is 0. The van der Waals surface area contributed by atoms with Crippen LogP contribution in [0.4, 0.5) is 9.18 Å². The maximum absolute atomic E-state index is 13.9. The van der Waals surface area contributed by atoms with Crippen LogP contribution in [0, 0.1) is 5.82 Å². The molecule has 0 N–H and O–H groups in total. The number of amides is 1. The van der Waals surface area contributed by atoms with Crippen LogP contribution in [0.1, 0.15) is 39.6 Å². The minimum Gasteiger partial charge on any atom is -0.444 e. The molecule has 0 bridgehead atoms. The van der Waals surface area contributed by atoms with Crippen molar-refractivity contribution in [3.63, 3.8) is 0 Å². The monoisotopic (exact) mass is 369 g/mol. The average molecular weight is 369 g/mol. The van der Waals surface area contributed by atoms with Crippen LogP contribution in [-0.2, 0) is 4.74 Å². The van der Waals surface area contributed by atoms with E-state index >= 15 is 0 Å². The van der Waals surface area contributed by atoms with Crippen LogP contribution in [0.25, 0.3) is 16.7 Å². The first kappa shape index (κ1) is 18.9. The lowest BCUT2D eigenvalue weighted by Crippen LogP contribution is -2.36. The lowest BCUT2D eigenvalue weighted by atomic mass is 10.2. The van der Waals surface area contributed by atoms with Crippen LogP contribution >= 0.6 is 0 Å². The number of aromatic nitrogens is 2. The van der Waals surface area contributed by atoms with Crippen molar-refractivity contribution in [2.45, 2.75) is 39.3 Å². The Morgan fingerprint density at radius 2 is 1.85 bits per heavy atom. The van der Waals surface area contributed by atoms with Gasteiger partial charge in [-0.05, 0) is 52.0 Å². The summed E-state index contributed by atoms with van der Waals surface area (Å²) in [5.41, 5.74) is 1.58. The number of rotatable bonds is 3. The average Bonchev–Trinajstić information content (AvgIpc) is 2.98. The molecule has 1 heterocycles. The number of benzene rings is 2. The second-order valence-corrected chi connectivity index (χ2v) is 7.54. The van der Waals surface area contributed by atoms with Gasteiger partial charge in [-0.1, -0.05) is 18.2 Å². The van der Waals surface area contributed by atoms with Crippen molar-refractivity contribution < 1.29 is 13.9 Å². The van der Waals surface area contributed by atoms with Gasteiger partial charge < -0.3 is 9.64 Å². The summed E-state index contributed by atoms with van der Waals surface area (Å²) in [6, 6.07) is 13.7. The van der Waals surface area contributed by atoms with Crippen molar-refractivity contribution >= 4 is 17.1 Å². The second-order valence-electron chi connectivity index (χ2n) is 7.54. The van der Waals surface area contributed by atoms with Gasteiger partial charge in [-0.25, -0.2) is 14.2 Å². The van der Waals surface area contributed by atoms with E-state index in [-0.39, 0.29) is 11.9 Å². The summed E-state index contributed by atoms with van der Waals surface area (Å²) in [6.07, 6.45) is -0.437. The zero-order valence-electron chi connectivity index (χ0n) is 16.2. The molecule has 0 radical (unpaired) electrons. The van der Waals surface area contributed by atoms with Gasteiger partial charge >= 0.3 is 6.09 Å².